The third-order valence-corrected chi connectivity index (χ3v) is 4.91. The quantitative estimate of drug-likeness (QED) is 0.774. The summed E-state index contributed by atoms with van der Waals surface area (Å²) in [5, 5.41) is 5.91. The van der Waals surface area contributed by atoms with Crippen LogP contribution in [-0.2, 0) is 4.74 Å². The van der Waals surface area contributed by atoms with Crippen molar-refractivity contribution < 1.29 is 13.9 Å². The van der Waals surface area contributed by atoms with Gasteiger partial charge in [-0.05, 0) is 42.8 Å². The van der Waals surface area contributed by atoms with Gasteiger partial charge in [0, 0.05) is 29.2 Å². The van der Waals surface area contributed by atoms with Crippen LogP contribution in [0.4, 0.5) is 5.69 Å². The van der Waals surface area contributed by atoms with E-state index in [2.05, 4.69) is 10.7 Å². The van der Waals surface area contributed by atoms with Gasteiger partial charge in [-0.25, -0.2) is 4.98 Å². The zero-order valence-electron chi connectivity index (χ0n) is 12.9. The number of nitrogens with zero attached hydrogens (tertiary/aromatic N) is 1. The number of amides is 1. The molecular formula is C18H16N2O3S. The van der Waals surface area contributed by atoms with Crippen molar-refractivity contribution in [2.24, 2.45) is 0 Å². The van der Waals surface area contributed by atoms with Crippen LogP contribution in [-0.4, -0.2) is 24.1 Å². The molecule has 3 aromatic rings. The lowest BCUT2D eigenvalue weighted by Gasteiger charge is -2.04. The molecular weight excluding hydrogens is 324 g/mol. The van der Waals surface area contributed by atoms with E-state index in [0.717, 1.165) is 41.6 Å². The number of thiazole rings is 1. The van der Waals surface area contributed by atoms with Gasteiger partial charge in [0.2, 0.25) is 0 Å². The van der Waals surface area contributed by atoms with Crippen molar-refractivity contribution >= 4 is 22.9 Å². The minimum absolute atomic E-state index is 0.259. The Morgan fingerprint density at radius 1 is 1.25 bits per heavy atom. The molecule has 24 heavy (non-hydrogen) atoms. The normalized spacial score (nSPS) is 17.1. The molecule has 0 spiro atoms. The van der Waals surface area contributed by atoms with Crippen molar-refractivity contribution in [3.8, 4) is 10.6 Å². The molecule has 122 valence electrons. The van der Waals surface area contributed by atoms with Crippen LogP contribution < -0.4 is 5.32 Å². The minimum atomic E-state index is -0.259. The van der Waals surface area contributed by atoms with Gasteiger partial charge >= 0.3 is 0 Å². The Labute approximate surface area is 143 Å². The number of aromatic nitrogens is 1. The fraction of sp³-hybridized carbons (Fsp3) is 0.222. The van der Waals surface area contributed by atoms with Crippen molar-refractivity contribution in [2.75, 3.05) is 18.5 Å². The predicted octanol–water partition coefficient (Wildman–Crippen LogP) is 4.16. The average Bonchev–Trinajstić information content (AvgIpc) is 3.35. The van der Waals surface area contributed by atoms with E-state index in [9.17, 15) is 4.79 Å². The molecule has 5 nitrogen and oxygen atoms in total. The summed E-state index contributed by atoms with van der Waals surface area (Å²) in [6.07, 6.45) is 2.52. The van der Waals surface area contributed by atoms with E-state index in [4.69, 9.17) is 14.1 Å². The molecule has 1 saturated heterocycles. The molecule has 1 amide bonds. The van der Waals surface area contributed by atoms with Gasteiger partial charge in [-0.1, -0.05) is 0 Å². The maximum Gasteiger partial charge on any atom is 0.291 e. The van der Waals surface area contributed by atoms with Crippen LogP contribution >= 0.6 is 11.3 Å². The monoisotopic (exact) mass is 340 g/mol. The van der Waals surface area contributed by atoms with E-state index in [1.807, 2.05) is 24.3 Å². The Hall–Kier alpha value is -2.44. The first-order chi connectivity index (χ1) is 11.8. The maximum atomic E-state index is 12.0. The van der Waals surface area contributed by atoms with Crippen LogP contribution in [0.2, 0.25) is 0 Å². The number of hydrogen-bond donors (Lipinski definition) is 1. The molecule has 6 heteroatoms. The molecule has 1 aromatic carbocycles. The zero-order chi connectivity index (χ0) is 16.4. The first-order valence-electron chi connectivity index (χ1n) is 7.78. The lowest BCUT2D eigenvalue weighted by atomic mass is 10.1. The van der Waals surface area contributed by atoms with Gasteiger partial charge in [-0.2, -0.15) is 0 Å². The highest BCUT2D eigenvalue weighted by Crippen LogP contribution is 2.31. The fourth-order valence-electron chi connectivity index (χ4n) is 2.67. The predicted molar refractivity (Wildman–Crippen MR) is 92.4 cm³/mol. The minimum Gasteiger partial charge on any atom is -0.459 e. The van der Waals surface area contributed by atoms with Crippen LogP contribution in [0.3, 0.4) is 0 Å². The molecule has 1 N–H and O–H groups in total. The third-order valence-electron chi connectivity index (χ3n) is 4.00. The molecule has 4 rings (SSSR count). The fourth-order valence-corrected chi connectivity index (χ4v) is 3.58. The second-order valence-electron chi connectivity index (χ2n) is 5.65. The number of furan rings is 1. The second-order valence-corrected chi connectivity index (χ2v) is 6.50. The van der Waals surface area contributed by atoms with E-state index in [1.165, 1.54) is 6.26 Å². The van der Waals surface area contributed by atoms with E-state index >= 15 is 0 Å². The molecule has 1 aliphatic heterocycles. The molecule has 0 bridgehead atoms. The topological polar surface area (TPSA) is 64.4 Å². The Kier molecular flexibility index (Phi) is 4.15. The summed E-state index contributed by atoms with van der Waals surface area (Å²) in [4.78, 5) is 16.7. The number of anilines is 1. The summed E-state index contributed by atoms with van der Waals surface area (Å²) >= 11 is 1.64. The van der Waals surface area contributed by atoms with E-state index in [0.29, 0.717) is 11.7 Å². The molecule has 3 heterocycles. The lowest BCUT2D eigenvalue weighted by Crippen LogP contribution is -2.10. The Morgan fingerprint density at radius 2 is 2.12 bits per heavy atom. The summed E-state index contributed by atoms with van der Waals surface area (Å²) in [5.74, 6) is 0.454. The van der Waals surface area contributed by atoms with Gasteiger partial charge in [-0.3, -0.25) is 4.79 Å². The first-order valence-corrected chi connectivity index (χ1v) is 8.66. The van der Waals surface area contributed by atoms with Gasteiger partial charge < -0.3 is 14.5 Å². The first kappa shape index (κ1) is 15.1. The number of hydrogen-bond acceptors (Lipinski definition) is 5. The second kappa shape index (κ2) is 6.59. The summed E-state index contributed by atoms with van der Waals surface area (Å²) in [5.41, 5.74) is 2.88. The SMILES string of the molecule is O=C(Nc1ccc(-c2nc([C@@H]3CCOC3)cs2)cc1)c1ccco1. The van der Waals surface area contributed by atoms with Crippen molar-refractivity contribution in [1.82, 2.24) is 4.98 Å². The number of ether oxygens (including phenoxy) is 1. The highest BCUT2D eigenvalue weighted by Gasteiger charge is 2.20. The molecule has 1 fully saturated rings. The highest BCUT2D eigenvalue weighted by molar-refractivity contribution is 7.13. The molecule has 0 unspecified atom stereocenters. The van der Waals surface area contributed by atoms with Gasteiger partial charge in [0.1, 0.15) is 5.01 Å². The Morgan fingerprint density at radius 3 is 2.83 bits per heavy atom. The molecule has 0 radical (unpaired) electrons. The Bertz CT molecular complexity index is 818. The average molecular weight is 340 g/mol. The van der Waals surface area contributed by atoms with Gasteiger partial charge in [0.15, 0.2) is 5.76 Å². The molecule has 0 aliphatic carbocycles. The van der Waals surface area contributed by atoms with Crippen molar-refractivity contribution in [3.05, 3.63) is 59.5 Å². The third kappa shape index (κ3) is 3.11. The molecule has 2 aromatic heterocycles. The van der Waals surface area contributed by atoms with Gasteiger partial charge in [0.25, 0.3) is 5.91 Å². The number of benzene rings is 1. The van der Waals surface area contributed by atoms with Crippen LogP contribution in [0, 0.1) is 0 Å². The Balaban J connectivity index is 1.46. The van der Waals surface area contributed by atoms with E-state index in [-0.39, 0.29) is 5.91 Å². The summed E-state index contributed by atoms with van der Waals surface area (Å²) in [7, 11) is 0. The molecule has 1 atom stereocenters. The largest absolute Gasteiger partial charge is 0.459 e. The highest BCUT2D eigenvalue weighted by atomic mass is 32.1. The van der Waals surface area contributed by atoms with E-state index < -0.39 is 0 Å². The smallest absolute Gasteiger partial charge is 0.291 e. The number of rotatable bonds is 4. The standard InChI is InChI=1S/C18H16N2O3S/c21-17(16-2-1-8-23-16)19-14-5-3-12(4-6-14)18-20-15(11-24-18)13-7-9-22-10-13/h1-6,8,11,13H,7,9-10H2,(H,19,21)/t13-/m1/s1. The molecule has 0 saturated carbocycles. The molecule has 1 aliphatic rings. The van der Waals surface area contributed by atoms with Crippen LogP contribution in [0.5, 0.6) is 0 Å². The number of carbonyl (C=O) groups is 1. The number of nitrogens with one attached hydrogen (secondary N) is 1. The zero-order valence-corrected chi connectivity index (χ0v) is 13.7. The lowest BCUT2D eigenvalue weighted by molar-refractivity contribution is 0.0996. The summed E-state index contributed by atoms with van der Waals surface area (Å²) < 4.78 is 10.5. The van der Waals surface area contributed by atoms with E-state index in [1.54, 1.807) is 23.5 Å². The maximum absolute atomic E-state index is 12.0. The van der Waals surface area contributed by atoms with Crippen molar-refractivity contribution in [3.63, 3.8) is 0 Å². The van der Waals surface area contributed by atoms with Gasteiger partial charge in [0.05, 0.1) is 18.6 Å². The van der Waals surface area contributed by atoms with Crippen LogP contribution in [0.1, 0.15) is 28.6 Å². The summed E-state index contributed by atoms with van der Waals surface area (Å²) in [6, 6.07) is 11.0. The van der Waals surface area contributed by atoms with Crippen LogP contribution in [0.25, 0.3) is 10.6 Å². The van der Waals surface area contributed by atoms with Crippen LogP contribution in [0.15, 0.2) is 52.5 Å². The van der Waals surface area contributed by atoms with Gasteiger partial charge in [-0.15, -0.1) is 11.3 Å². The van der Waals surface area contributed by atoms with Crippen molar-refractivity contribution in [1.29, 1.82) is 0 Å². The number of carbonyl (C=O) groups excluding carboxylic acids is 1. The summed E-state index contributed by atoms with van der Waals surface area (Å²) in [6.45, 7) is 1.59. The van der Waals surface area contributed by atoms with Crippen molar-refractivity contribution in [2.45, 2.75) is 12.3 Å².